The third-order valence-corrected chi connectivity index (χ3v) is 5.71. The van der Waals surface area contributed by atoms with E-state index in [1.165, 1.54) is 31.7 Å². The lowest BCUT2D eigenvalue weighted by atomic mass is 10.1. The Bertz CT molecular complexity index is 1190. The lowest BCUT2D eigenvalue weighted by Gasteiger charge is -2.13. The van der Waals surface area contributed by atoms with Gasteiger partial charge in [0.1, 0.15) is 12.4 Å². The van der Waals surface area contributed by atoms with Crippen LogP contribution < -0.4 is 10.3 Å². The standard InChI is InChI=1S/C26H25N3O2/c1-18-12-24(31-17-23-14-28-25(15-27-23)22-10-11-22)13-26(30)29(18)16-21-8-6-20(7-9-21)5-4-19-2-3-19/h6-9,12-15,19,22H,2-3,10-11,16-17H2,1H3. The van der Waals surface area contributed by atoms with Crippen molar-refractivity contribution in [3.8, 4) is 17.6 Å². The molecular formula is C26H25N3O2. The van der Waals surface area contributed by atoms with Crippen molar-refractivity contribution in [2.24, 2.45) is 5.92 Å². The summed E-state index contributed by atoms with van der Waals surface area (Å²) in [6.45, 7) is 2.74. The molecule has 5 heteroatoms. The van der Waals surface area contributed by atoms with E-state index in [1.54, 1.807) is 10.8 Å². The minimum absolute atomic E-state index is 0.0808. The van der Waals surface area contributed by atoms with Gasteiger partial charge in [0.15, 0.2) is 0 Å². The molecule has 0 bridgehead atoms. The van der Waals surface area contributed by atoms with Gasteiger partial charge in [-0.25, -0.2) is 0 Å². The number of rotatable bonds is 6. The molecule has 31 heavy (non-hydrogen) atoms. The third kappa shape index (κ3) is 5.03. The van der Waals surface area contributed by atoms with Crippen LogP contribution in [0.25, 0.3) is 0 Å². The highest BCUT2D eigenvalue weighted by Gasteiger charge is 2.25. The summed E-state index contributed by atoms with van der Waals surface area (Å²) in [5.74, 6) is 8.23. The van der Waals surface area contributed by atoms with Gasteiger partial charge in [0.25, 0.3) is 5.56 Å². The van der Waals surface area contributed by atoms with E-state index in [1.807, 2.05) is 43.5 Å². The van der Waals surface area contributed by atoms with Crippen LogP contribution in [0.5, 0.6) is 5.75 Å². The van der Waals surface area contributed by atoms with Crippen LogP contribution in [0.15, 0.2) is 53.6 Å². The van der Waals surface area contributed by atoms with Crippen LogP contribution >= 0.6 is 0 Å². The summed E-state index contributed by atoms with van der Waals surface area (Å²) < 4.78 is 7.56. The molecule has 0 spiro atoms. The minimum Gasteiger partial charge on any atom is -0.487 e. The fourth-order valence-electron chi connectivity index (χ4n) is 3.46. The van der Waals surface area contributed by atoms with Crippen molar-refractivity contribution in [1.82, 2.24) is 14.5 Å². The molecule has 0 amide bonds. The number of ether oxygens (including phenoxy) is 1. The molecule has 156 valence electrons. The van der Waals surface area contributed by atoms with Gasteiger partial charge in [-0.05, 0) is 56.4 Å². The SMILES string of the molecule is Cc1cc(OCc2cnc(C3CC3)cn2)cc(=O)n1Cc1ccc(C#CC2CC2)cc1. The average molecular weight is 412 g/mol. The number of pyridine rings is 1. The van der Waals surface area contributed by atoms with E-state index in [0.29, 0.717) is 30.7 Å². The first-order chi connectivity index (χ1) is 15.1. The van der Waals surface area contributed by atoms with E-state index in [-0.39, 0.29) is 5.56 Å². The molecule has 5 nitrogen and oxygen atoms in total. The van der Waals surface area contributed by atoms with E-state index < -0.39 is 0 Å². The molecule has 0 saturated heterocycles. The maximum Gasteiger partial charge on any atom is 0.254 e. The molecule has 0 N–H and O–H groups in total. The van der Waals surface area contributed by atoms with E-state index in [2.05, 4.69) is 21.8 Å². The summed E-state index contributed by atoms with van der Waals surface area (Å²) in [4.78, 5) is 21.6. The van der Waals surface area contributed by atoms with Crippen molar-refractivity contribution in [3.63, 3.8) is 0 Å². The predicted octanol–water partition coefficient (Wildman–Crippen LogP) is 4.21. The Morgan fingerprint density at radius 1 is 1.06 bits per heavy atom. The molecule has 2 aromatic heterocycles. The van der Waals surface area contributed by atoms with Crippen molar-refractivity contribution >= 4 is 0 Å². The Morgan fingerprint density at radius 2 is 1.87 bits per heavy atom. The minimum atomic E-state index is -0.0808. The summed E-state index contributed by atoms with van der Waals surface area (Å²) in [7, 11) is 0. The van der Waals surface area contributed by atoms with Crippen LogP contribution in [-0.4, -0.2) is 14.5 Å². The van der Waals surface area contributed by atoms with Crippen molar-refractivity contribution in [1.29, 1.82) is 0 Å². The second kappa shape index (κ2) is 8.39. The fraction of sp³-hybridized carbons (Fsp3) is 0.346. The zero-order chi connectivity index (χ0) is 21.2. The molecule has 0 unspecified atom stereocenters. The second-order valence-electron chi connectivity index (χ2n) is 8.49. The first-order valence-corrected chi connectivity index (χ1v) is 10.9. The third-order valence-electron chi connectivity index (χ3n) is 5.71. The number of hydrogen-bond acceptors (Lipinski definition) is 4. The molecule has 2 aliphatic carbocycles. The quantitative estimate of drug-likeness (QED) is 0.570. The van der Waals surface area contributed by atoms with E-state index in [0.717, 1.165) is 28.2 Å². The first kappa shape index (κ1) is 19.6. The highest BCUT2D eigenvalue weighted by molar-refractivity contribution is 5.37. The Hall–Kier alpha value is -3.39. The van der Waals surface area contributed by atoms with E-state index in [4.69, 9.17) is 4.74 Å². The molecule has 1 aromatic carbocycles. The monoisotopic (exact) mass is 411 g/mol. The van der Waals surface area contributed by atoms with Gasteiger partial charge in [0.05, 0.1) is 24.1 Å². The molecule has 3 aromatic rings. The Labute approximate surface area is 182 Å². The van der Waals surface area contributed by atoms with Crippen LogP contribution in [-0.2, 0) is 13.2 Å². The van der Waals surface area contributed by atoms with Crippen LogP contribution in [0.4, 0.5) is 0 Å². The number of nitrogens with zero attached hydrogens (tertiary/aromatic N) is 3. The lowest BCUT2D eigenvalue weighted by molar-refractivity contribution is 0.299. The average Bonchev–Trinajstić information content (AvgIpc) is 3.69. The van der Waals surface area contributed by atoms with Crippen molar-refractivity contribution in [3.05, 3.63) is 87.4 Å². The summed E-state index contributed by atoms with van der Waals surface area (Å²) in [5, 5.41) is 0. The molecule has 2 saturated carbocycles. The predicted molar refractivity (Wildman–Crippen MR) is 119 cm³/mol. The van der Waals surface area contributed by atoms with Gasteiger partial charge in [-0.2, -0.15) is 0 Å². The Kier molecular flexibility index (Phi) is 5.30. The van der Waals surface area contributed by atoms with Crippen LogP contribution in [0.3, 0.4) is 0 Å². The van der Waals surface area contributed by atoms with Crippen molar-refractivity contribution in [2.75, 3.05) is 0 Å². The summed E-state index contributed by atoms with van der Waals surface area (Å²) in [6.07, 6.45) is 8.47. The van der Waals surface area contributed by atoms with Crippen molar-refractivity contribution in [2.45, 2.75) is 51.7 Å². The molecule has 2 fully saturated rings. The Morgan fingerprint density at radius 3 is 2.52 bits per heavy atom. The van der Waals surface area contributed by atoms with Gasteiger partial charge < -0.3 is 9.30 Å². The van der Waals surface area contributed by atoms with E-state index in [9.17, 15) is 4.79 Å². The fourth-order valence-corrected chi connectivity index (χ4v) is 3.46. The summed E-state index contributed by atoms with van der Waals surface area (Å²) >= 11 is 0. The highest BCUT2D eigenvalue weighted by atomic mass is 16.5. The lowest BCUT2D eigenvalue weighted by Crippen LogP contribution is -2.22. The number of aryl methyl sites for hydroxylation is 1. The van der Waals surface area contributed by atoms with Crippen LogP contribution in [0.2, 0.25) is 0 Å². The zero-order valence-corrected chi connectivity index (χ0v) is 17.7. The molecule has 2 heterocycles. The highest BCUT2D eigenvalue weighted by Crippen LogP contribution is 2.38. The summed E-state index contributed by atoms with van der Waals surface area (Å²) in [6, 6.07) is 11.6. The van der Waals surface area contributed by atoms with Gasteiger partial charge in [0.2, 0.25) is 0 Å². The van der Waals surface area contributed by atoms with Gasteiger partial charge in [-0.3, -0.25) is 14.8 Å². The molecular weight excluding hydrogens is 386 g/mol. The van der Waals surface area contributed by atoms with Crippen LogP contribution in [0, 0.1) is 24.7 Å². The zero-order valence-electron chi connectivity index (χ0n) is 17.7. The Balaban J connectivity index is 1.23. The molecule has 5 rings (SSSR count). The second-order valence-corrected chi connectivity index (χ2v) is 8.49. The van der Waals surface area contributed by atoms with Gasteiger partial charge in [-0.1, -0.05) is 24.0 Å². The summed E-state index contributed by atoms with van der Waals surface area (Å²) in [5.41, 5.74) is 4.69. The van der Waals surface area contributed by atoms with Gasteiger partial charge in [-0.15, -0.1) is 0 Å². The number of benzene rings is 1. The topological polar surface area (TPSA) is 57.0 Å². The molecule has 2 aliphatic rings. The largest absolute Gasteiger partial charge is 0.487 e. The van der Waals surface area contributed by atoms with E-state index >= 15 is 0 Å². The van der Waals surface area contributed by atoms with Crippen molar-refractivity contribution < 1.29 is 4.74 Å². The molecule has 0 atom stereocenters. The van der Waals surface area contributed by atoms with Gasteiger partial charge >= 0.3 is 0 Å². The number of hydrogen-bond donors (Lipinski definition) is 0. The first-order valence-electron chi connectivity index (χ1n) is 10.9. The number of aromatic nitrogens is 3. The maximum absolute atomic E-state index is 12.7. The molecule has 0 radical (unpaired) electrons. The van der Waals surface area contributed by atoms with Crippen LogP contribution in [0.1, 0.15) is 59.8 Å². The maximum atomic E-state index is 12.7. The normalized spacial score (nSPS) is 15.3. The van der Waals surface area contributed by atoms with Gasteiger partial charge in [0, 0.05) is 35.4 Å². The molecule has 0 aliphatic heterocycles. The smallest absolute Gasteiger partial charge is 0.254 e.